The molecule has 25 heavy (non-hydrogen) atoms. The number of carbonyl (C=O) groups is 1. The minimum absolute atomic E-state index is 0.0302. The van der Waals surface area contributed by atoms with Crippen LogP contribution in [0.2, 0.25) is 0 Å². The van der Waals surface area contributed by atoms with Crippen LogP contribution < -0.4 is 5.73 Å². The fraction of sp³-hybridized carbons (Fsp3) is 0.278. The SMILES string of the molecule is NC(=O)c1ncc(F)c(C23COCC2CSC=N3)c1-c1ccccc1. The molecule has 7 heteroatoms. The van der Waals surface area contributed by atoms with Gasteiger partial charge in [-0.2, -0.15) is 0 Å². The molecule has 1 aromatic heterocycles. The Morgan fingerprint density at radius 3 is 2.92 bits per heavy atom. The van der Waals surface area contributed by atoms with Crippen LogP contribution in [0.3, 0.4) is 0 Å². The third-order valence-electron chi connectivity index (χ3n) is 4.73. The number of rotatable bonds is 3. The van der Waals surface area contributed by atoms with Gasteiger partial charge in [0.2, 0.25) is 0 Å². The van der Waals surface area contributed by atoms with Crippen molar-refractivity contribution in [1.29, 1.82) is 0 Å². The lowest BCUT2D eigenvalue weighted by molar-refractivity contribution is 0.0996. The molecule has 2 aliphatic heterocycles. The number of amides is 1. The molecule has 0 spiro atoms. The second-order valence-electron chi connectivity index (χ2n) is 6.14. The van der Waals surface area contributed by atoms with Crippen molar-refractivity contribution in [3.05, 3.63) is 53.6 Å². The molecule has 0 aliphatic carbocycles. The standard InChI is InChI=1S/C18H16FN3O2S/c19-13-6-21-16(17(20)23)14(11-4-2-1-3-5-11)15(13)18-9-24-7-12(18)8-25-10-22-18/h1-6,10,12H,7-9H2,(H2,20,23). The lowest BCUT2D eigenvalue weighted by Crippen LogP contribution is -2.38. The minimum Gasteiger partial charge on any atom is -0.378 e. The molecule has 2 aromatic rings. The number of aromatic nitrogens is 1. The zero-order chi connectivity index (χ0) is 17.4. The number of nitrogens with zero attached hydrogens (tertiary/aromatic N) is 2. The molecule has 5 nitrogen and oxygen atoms in total. The molecule has 2 N–H and O–H groups in total. The molecule has 2 aliphatic rings. The van der Waals surface area contributed by atoms with Crippen LogP contribution in [0, 0.1) is 11.7 Å². The van der Waals surface area contributed by atoms with Crippen LogP contribution in [-0.4, -0.2) is 35.4 Å². The van der Waals surface area contributed by atoms with Gasteiger partial charge in [0.15, 0.2) is 0 Å². The van der Waals surface area contributed by atoms with E-state index in [0.29, 0.717) is 23.3 Å². The second kappa shape index (κ2) is 6.24. The molecule has 1 saturated heterocycles. The molecular formula is C18H16FN3O2S. The van der Waals surface area contributed by atoms with Crippen molar-refractivity contribution < 1.29 is 13.9 Å². The number of benzene rings is 1. The number of ether oxygens (including phenoxy) is 1. The number of fused-ring (bicyclic) bond motifs is 1. The van der Waals surface area contributed by atoms with Gasteiger partial charge in [0.05, 0.1) is 25.0 Å². The molecule has 0 saturated carbocycles. The molecule has 2 atom stereocenters. The van der Waals surface area contributed by atoms with Gasteiger partial charge in [-0.3, -0.25) is 9.79 Å². The van der Waals surface area contributed by atoms with Gasteiger partial charge in [0, 0.05) is 22.8 Å². The molecule has 4 rings (SSSR count). The van der Waals surface area contributed by atoms with Gasteiger partial charge in [0.1, 0.15) is 17.1 Å². The van der Waals surface area contributed by atoms with Crippen LogP contribution in [0.25, 0.3) is 11.1 Å². The molecule has 1 fully saturated rings. The summed E-state index contributed by atoms with van der Waals surface area (Å²) >= 11 is 1.58. The fourth-order valence-electron chi connectivity index (χ4n) is 3.56. The molecule has 0 radical (unpaired) electrons. The van der Waals surface area contributed by atoms with Crippen LogP contribution in [-0.2, 0) is 10.3 Å². The third-order valence-corrected chi connectivity index (χ3v) is 5.58. The monoisotopic (exact) mass is 357 g/mol. The highest BCUT2D eigenvalue weighted by Gasteiger charge is 2.50. The number of pyridine rings is 1. The van der Waals surface area contributed by atoms with E-state index in [2.05, 4.69) is 9.98 Å². The Bertz CT molecular complexity index is 859. The number of carbonyl (C=O) groups excluding carboxylic acids is 1. The van der Waals surface area contributed by atoms with Crippen LogP contribution in [0.5, 0.6) is 0 Å². The lowest BCUT2D eigenvalue weighted by atomic mass is 9.77. The first-order chi connectivity index (χ1) is 12.1. The largest absolute Gasteiger partial charge is 0.378 e. The summed E-state index contributed by atoms with van der Waals surface area (Å²) in [5.74, 6) is -0.377. The fourth-order valence-corrected chi connectivity index (χ4v) is 4.51. The average Bonchev–Trinajstić information content (AvgIpc) is 3.06. The second-order valence-corrected chi connectivity index (χ2v) is 7.02. The number of aliphatic imine (C=N–C) groups is 1. The summed E-state index contributed by atoms with van der Waals surface area (Å²) < 4.78 is 20.7. The smallest absolute Gasteiger partial charge is 0.267 e. The summed E-state index contributed by atoms with van der Waals surface area (Å²) in [4.78, 5) is 20.6. The van der Waals surface area contributed by atoms with E-state index in [1.807, 2.05) is 30.3 Å². The first-order valence-electron chi connectivity index (χ1n) is 7.91. The maximum Gasteiger partial charge on any atom is 0.267 e. The van der Waals surface area contributed by atoms with Gasteiger partial charge in [-0.1, -0.05) is 30.3 Å². The Kier molecular flexibility index (Phi) is 4.05. The normalized spacial score (nSPS) is 24.9. The average molecular weight is 357 g/mol. The molecule has 1 amide bonds. The van der Waals surface area contributed by atoms with Gasteiger partial charge in [-0.05, 0) is 5.56 Å². The maximum atomic E-state index is 15.0. The van der Waals surface area contributed by atoms with Crippen LogP contribution in [0.1, 0.15) is 16.1 Å². The van der Waals surface area contributed by atoms with Crippen molar-refractivity contribution in [3.63, 3.8) is 0 Å². The quantitative estimate of drug-likeness (QED) is 0.916. The number of primary amides is 1. The predicted octanol–water partition coefficient (Wildman–Crippen LogP) is 2.60. The molecule has 0 bridgehead atoms. The van der Waals surface area contributed by atoms with Crippen molar-refractivity contribution in [2.45, 2.75) is 5.54 Å². The van der Waals surface area contributed by atoms with E-state index in [0.717, 1.165) is 11.9 Å². The maximum absolute atomic E-state index is 15.0. The van der Waals surface area contributed by atoms with Gasteiger partial charge in [0.25, 0.3) is 5.91 Å². The van der Waals surface area contributed by atoms with E-state index in [-0.39, 0.29) is 18.2 Å². The Hall–Kier alpha value is -2.25. The first-order valence-corrected chi connectivity index (χ1v) is 8.95. The minimum atomic E-state index is -0.854. The summed E-state index contributed by atoms with van der Waals surface area (Å²) in [6.45, 7) is 0.778. The molecular weight excluding hydrogens is 341 g/mol. The highest BCUT2D eigenvalue weighted by Crippen LogP contribution is 2.48. The number of hydrogen-bond acceptors (Lipinski definition) is 5. The van der Waals surface area contributed by atoms with E-state index >= 15 is 4.39 Å². The highest BCUT2D eigenvalue weighted by molar-refractivity contribution is 8.12. The third kappa shape index (κ3) is 2.54. The topological polar surface area (TPSA) is 77.6 Å². The summed E-state index contributed by atoms with van der Waals surface area (Å²) in [7, 11) is 0. The van der Waals surface area contributed by atoms with E-state index in [4.69, 9.17) is 10.5 Å². The van der Waals surface area contributed by atoms with Crippen molar-refractivity contribution in [1.82, 2.24) is 4.98 Å². The molecule has 3 heterocycles. The molecule has 2 unspecified atom stereocenters. The number of hydrogen-bond donors (Lipinski definition) is 1. The summed E-state index contributed by atoms with van der Waals surface area (Å²) in [6, 6.07) is 9.14. The number of nitrogens with two attached hydrogens (primary N) is 1. The van der Waals surface area contributed by atoms with E-state index < -0.39 is 17.3 Å². The Balaban J connectivity index is 2.05. The van der Waals surface area contributed by atoms with Crippen molar-refractivity contribution in [2.75, 3.05) is 19.0 Å². The molecule has 1 aromatic carbocycles. The van der Waals surface area contributed by atoms with Gasteiger partial charge >= 0.3 is 0 Å². The van der Waals surface area contributed by atoms with Crippen molar-refractivity contribution in [2.24, 2.45) is 16.6 Å². The number of thioether (sulfide) groups is 1. The number of halogens is 1. The van der Waals surface area contributed by atoms with E-state index in [9.17, 15) is 4.79 Å². The van der Waals surface area contributed by atoms with Crippen LogP contribution >= 0.6 is 11.8 Å². The summed E-state index contributed by atoms with van der Waals surface area (Å²) in [6.07, 6.45) is 1.06. The first kappa shape index (κ1) is 16.2. The Morgan fingerprint density at radius 2 is 2.16 bits per heavy atom. The van der Waals surface area contributed by atoms with Crippen molar-refractivity contribution in [3.8, 4) is 11.1 Å². The summed E-state index contributed by atoms with van der Waals surface area (Å²) in [5.41, 5.74) is 7.92. The summed E-state index contributed by atoms with van der Waals surface area (Å²) in [5, 5.41) is 0. The van der Waals surface area contributed by atoms with Gasteiger partial charge in [-0.25, -0.2) is 9.37 Å². The van der Waals surface area contributed by atoms with Crippen LogP contribution in [0.4, 0.5) is 4.39 Å². The zero-order valence-corrected chi connectivity index (χ0v) is 14.1. The van der Waals surface area contributed by atoms with Gasteiger partial charge < -0.3 is 10.5 Å². The Labute approximate surface area is 148 Å². The zero-order valence-electron chi connectivity index (χ0n) is 13.3. The van der Waals surface area contributed by atoms with Gasteiger partial charge in [-0.15, -0.1) is 11.8 Å². The Morgan fingerprint density at radius 1 is 1.36 bits per heavy atom. The highest BCUT2D eigenvalue weighted by atomic mass is 32.2. The molecule has 128 valence electrons. The van der Waals surface area contributed by atoms with Crippen LogP contribution in [0.15, 0.2) is 41.5 Å². The van der Waals surface area contributed by atoms with E-state index in [1.54, 1.807) is 17.3 Å². The lowest BCUT2D eigenvalue weighted by Gasteiger charge is -2.34. The predicted molar refractivity (Wildman–Crippen MR) is 95.1 cm³/mol. The van der Waals surface area contributed by atoms with E-state index in [1.165, 1.54) is 0 Å². The van der Waals surface area contributed by atoms with Crippen molar-refractivity contribution >= 4 is 23.2 Å².